The molecule has 1 aliphatic heterocycles. The first kappa shape index (κ1) is 17.8. The van der Waals surface area contributed by atoms with E-state index in [1.165, 1.54) is 0 Å². The van der Waals surface area contributed by atoms with E-state index in [-0.39, 0.29) is 0 Å². The van der Waals surface area contributed by atoms with Crippen molar-refractivity contribution in [2.45, 2.75) is 31.9 Å². The van der Waals surface area contributed by atoms with E-state index in [0.717, 1.165) is 52.2 Å². The highest BCUT2D eigenvalue weighted by molar-refractivity contribution is 7.90. The van der Waals surface area contributed by atoms with Crippen LogP contribution in [-0.2, 0) is 14.8 Å². The van der Waals surface area contributed by atoms with E-state index in [4.69, 9.17) is 4.74 Å². The molecule has 0 spiro atoms. The van der Waals surface area contributed by atoms with Gasteiger partial charge in [-0.2, -0.15) is 0 Å². The van der Waals surface area contributed by atoms with Crippen molar-refractivity contribution in [3.8, 4) is 0 Å². The lowest BCUT2D eigenvalue weighted by Gasteiger charge is -2.26. The maximum absolute atomic E-state index is 12.0. The standard InChI is InChI=1S/C13H29N3O3S/c1-3-5-14-12-13(2)20(17,18)15-6-4-7-16-8-10-19-11-9-16/h13-15H,3-12H2,1-2H3. The first-order chi connectivity index (χ1) is 9.56. The van der Waals surface area contributed by atoms with Crippen LogP contribution < -0.4 is 10.0 Å². The third-order valence-corrected chi connectivity index (χ3v) is 5.28. The van der Waals surface area contributed by atoms with Crippen LogP contribution in [0, 0.1) is 0 Å². The summed E-state index contributed by atoms with van der Waals surface area (Å²) in [5, 5.41) is 2.75. The largest absolute Gasteiger partial charge is 0.379 e. The molecule has 6 nitrogen and oxygen atoms in total. The second kappa shape index (κ2) is 9.68. The van der Waals surface area contributed by atoms with E-state index >= 15 is 0 Å². The van der Waals surface area contributed by atoms with E-state index in [1.54, 1.807) is 6.92 Å². The van der Waals surface area contributed by atoms with Crippen LogP contribution in [0.4, 0.5) is 0 Å². The van der Waals surface area contributed by atoms with Crippen LogP contribution >= 0.6 is 0 Å². The topological polar surface area (TPSA) is 70.7 Å². The van der Waals surface area contributed by atoms with Crippen molar-refractivity contribution in [1.82, 2.24) is 14.9 Å². The van der Waals surface area contributed by atoms with E-state index in [9.17, 15) is 8.42 Å². The van der Waals surface area contributed by atoms with E-state index in [1.807, 2.05) is 0 Å². The van der Waals surface area contributed by atoms with Crippen LogP contribution in [0.15, 0.2) is 0 Å². The predicted octanol–water partition coefficient (Wildman–Crippen LogP) is 0.0162. The molecular formula is C13H29N3O3S. The molecule has 0 radical (unpaired) electrons. The molecule has 1 saturated heterocycles. The summed E-state index contributed by atoms with van der Waals surface area (Å²) in [4.78, 5) is 2.31. The molecule has 0 bridgehead atoms. The van der Waals surface area contributed by atoms with Gasteiger partial charge in [0.15, 0.2) is 0 Å². The molecule has 1 heterocycles. The van der Waals surface area contributed by atoms with Gasteiger partial charge in [0.25, 0.3) is 0 Å². The lowest BCUT2D eigenvalue weighted by molar-refractivity contribution is 0.0376. The summed E-state index contributed by atoms with van der Waals surface area (Å²) in [7, 11) is -3.20. The number of nitrogens with one attached hydrogen (secondary N) is 2. The van der Waals surface area contributed by atoms with Crippen molar-refractivity contribution >= 4 is 10.0 Å². The Bertz CT molecular complexity index is 343. The molecule has 0 aromatic heterocycles. The molecule has 1 fully saturated rings. The molecule has 1 unspecified atom stereocenters. The minimum absolute atomic E-state index is 0.391. The van der Waals surface area contributed by atoms with E-state index in [2.05, 4.69) is 21.9 Å². The Labute approximate surface area is 123 Å². The van der Waals surface area contributed by atoms with E-state index < -0.39 is 15.3 Å². The SMILES string of the molecule is CCCNCC(C)S(=O)(=O)NCCCN1CCOCC1. The average molecular weight is 307 g/mol. The first-order valence-electron chi connectivity index (χ1n) is 7.55. The Hall–Kier alpha value is -0.210. The van der Waals surface area contributed by atoms with Gasteiger partial charge in [-0.3, -0.25) is 4.90 Å². The molecule has 0 aromatic carbocycles. The van der Waals surface area contributed by atoms with Crippen LogP contribution in [0.5, 0.6) is 0 Å². The van der Waals surface area contributed by atoms with Gasteiger partial charge in [0.2, 0.25) is 10.0 Å². The second-order valence-electron chi connectivity index (χ2n) is 5.26. The monoisotopic (exact) mass is 307 g/mol. The smallest absolute Gasteiger partial charge is 0.215 e. The predicted molar refractivity (Wildman–Crippen MR) is 81.4 cm³/mol. The molecule has 0 aromatic rings. The maximum Gasteiger partial charge on any atom is 0.215 e. The number of ether oxygens (including phenoxy) is 1. The van der Waals surface area contributed by atoms with Crippen molar-refractivity contribution in [2.24, 2.45) is 0 Å². The zero-order valence-corrected chi connectivity index (χ0v) is 13.5. The molecule has 0 amide bonds. The molecule has 1 aliphatic rings. The third kappa shape index (κ3) is 6.99. The summed E-state index contributed by atoms with van der Waals surface area (Å²) in [6, 6.07) is 0. The summed E-state index contributed by atoms with van der Waals surface area (Å²) in [5.74, 6) is 0. The summed E-state index contributed by atoms with van der Waals surface area (Å²) < 4.78 is 32.0. The lowest BCUT2D eigenvalue weighted by Crippen LogP contribution is -2.41. The van der Waals surface area contributed by atoms with Crippen LogP contribution in [-0.4, -0.2) is 71.0 Å². The molecule has 0 aliphatic carbocycles. The van der Waals surface area contributed by atoms with Gasteiger partial charge in [-0.05, 0) is 32.9 Å². The number of nitrogens with zero attached hydrogens (tertiary/aromatic N) is 1. The highest BCUT2D eigenvalue weighted by atomic mass is 32.2. The average Bonchev–Trinajstić information content (AvgIpc) is 2.45. The van der Waals surface area contributed by atoms with Gasteiger partial charge in [0.1, 0.15) is 0 Å². The van der Waals surface area contributed by atoms with Crippen LogP contribution in [0.25, 0.3) is 0 Å². The quantitative estimate of drug-likeness (QED) is 0.557. The molecule has 1 rings (SSSR count). The third-order valence-electron chi connectivity index (χ3n) is 3.45. The van der Waals surface area contributed by atoms with Gasteiger partial charge in [-0.25, -0.2) is 13.1 Å². The zero-order chi connectivity index (χ0) is 14.8. The van der Waals surface area contributed by atoms with Crippen LogP contribution in [0.3, 0.4) is 0 Å². The van der Waals surface area contributed by atoms with Crippen molar-refractivity contribution in [3.63, 3.8) is 0 Å². The molecule has 2 N–H and O–H groups in total. The molecule has 1 atom stereocenters. The van der Waals surface area contributed by atoms with E-state index in [0.29, 0.717) is 13.1 Å². The number of hydrogen-bond acceptors (Lipinski definition) is 5. The summed E-state index contributed by atoms with van der Waals surface area (Å²) >= 11 is 0. The maximum atomic E-state index is 12.0. The number of hydrogen-bond donors (Lipinski definition) is 2. The molecule has 20 heavy (non-hydrogen) atoms. The molecule has 0 saturated carbocycles. The highest BCUT2D eigenvalue weighted by Gasteiger charge is 2.19. The van der Waals surface area contributed by atoms with Crippen LogP contribution in [0.1, 0.15) is 26.7 Å². The van der Waals surface area contributed by atoms with Gasteiger partial charge in [-0.15, -0.1) is 0 Å². The Morgan fingerprint density at radius 2 is 1.95 bits per heavy atom. The Morgan fingerprint density at radius 1 is 1.25 bits per heavy atom. The summed E-state index contributed by atoms with van der Waals surface area (Å²) in [6.45, 7) is 10.1. The van der Waals surface area contributed by atoms with Gasteiger partial charge < -0.3 is 10.1 Å². The number of rotatable bonds is 10. The first-order valence-corrected chi connectivity index (χ1v) is 9.10. The molecule has 120 valence electrons. The fourth-order valence-corrected chi connectivity index (χ4v) is 3.13. The molecule has 7 heteroatoms. The summed E-state index contributed by atoms with van der Waals surface area (Å²) in [5.41, 5.74) is 0. The van der Waals surface area contributed by atoms with Gasteiger partial charge in [-0.1, -0.05) is 6.92 Å². The minimum Gasteiger partial charge on any atom is -0.379 e. The Morgan fingerprint density at radius 3 is 2.60 bits per heavy atom. The number of sulfonamides is 1. The Kier molecular flexibility index (Phi) is 8.63. The summed E-state index contributed by atoms with van der Waals surface area (Å²) in [6.07, 6.45) is 1.86. The van der Waals surface area contributed by atoms with Crippen molar-refractivity contribution < 1.29 is 13.2 Å². The number of morpholine rings is 1. The normalized spacial score (nSPS) is 19.1. The molecular weight excluding hydrogens is 278 g/mol. The van der Waals surface area contributed by atoms with Gasteiger partial charge in [0, 0.05) is 26.2 Å². The van der Waals surface area contributed by atoms with Crippen molar-refractivity contribution in [2.75, 3.05) is 52.5 Å². The van der Waals surface area contributed by atoms with Gasteiger partial charge in [0.05, 0.1) is 18.5 Å². The second-order valence-corrected chi connectivity index (χ2v) is 7.45. The minimum atomic E-state index is -3.20. The van der Waals surface area contributed by atoms with Gasteiger partial charge >= 0.3 is 0 Å². The van der Waals surface area contributed by atoms with Crippen LogP contribution in [0.2, 0.25) is 0 Å². The zero-order valence-electron chi connectivity index (χ0n) is 12.7. The fourth-order valence-electron chi connectivity index (χ4n) is 2.08. The van der Waals surface area contributed by atoms with Crippen molar-refractivity contribution in [1.29, 1.82) is 0 Å². The fraction of sp³-hybridized carbons (Fsp3) is 1.00. The van der Waals surface area contributed by atoms with Crippen molar-refractivity contribution in [3.05, 3.63) is 0 Å². The lowest BCUT2D eigenvalue weighted by atomic mass is 10.3. The highest BCUT2D eigenvalue weighted by Crippen LogP contribution is 2.00. The Balaban J connectivity index is 2.14.